The van der Waals surface area contributed by atoms with Crippen LogP contribution >= 0.6 is 0 Å². The Morgan fingerprint density at radius 1 is 1.53 bits per heavy atom. The van der Waals surface area contributed by atoms with Gasteiger partial charge in [0.1, 0.15) is 0 Å². The zero-order chi connectivity index (χ0) is 12.8. The van der Waals surface area contributed by atoms with E-state index in [0.29, 0.717) is 18.9 Å². The molecule has 0 aromatic rings. The van der Waals surface area contributed by atoms with Crippen molar-refractivity contribution in [1.29, 1.82) is 5.26 Å². The van der Waals surface area contributed by atoms with Gasteiger partial charge in [0.2, 0.25) is 5.91 Å². The van der Waals surface area contributed by atoms with Crippen LogP contribution in [0, 0.1) is 23.2 Å². The summed E-state index contributed by atoms with van der Waals surface area (Å²) >= 11 is 0. The number of hydrogen-bond donors (Lipinski definition) is 1. The van der Waals surface area contributed by atoms with E-state index in [1.165, 1.54) is 6.42 Å². The molecule has 0 aromatic heterocycles. The van der Waals surface area contributed by atoms with E-state index in [2.05, 4.69) is 6.07 Å². The maximum Gasteiger partial charge on any atom is 0.226 e. The Labute approximate surface area is 104 Å². The average molecular weight is 237 g/mol. The summed E-state index contributed by atoms with van der Waals surface area (Å²) in [6, 6.07) is 2.11. The Morgan fingerprint density at radius 2 is 2.18 bits per heavy atom. The van der Waals surface area contributed by atoms with Gasteiger partial charge < -0.3 is 10.6 Å². The Morgan fingerprint density at radius 3 is 2.76 bits per heavy atom. The molecule has 1 fully saturated rings. The first-order valence-electron chi connectivity index (χ1n) is 6.45. The van der Waals surface area contributed by atoms with E-state index in [0.717, 1.165) is 19.3 Å². The van der Waals surface area contributed by atoms with Gasteiger partial charge in [-0.15, -0.1) is 0 Å². The molecule has 0 spiro atoms. The Hall–Kier alpha value is -1.08. The number of rotatable bonds is 4. The molecule has 1 rings (SSSR count). The van der Waals surface area contributed by atoms with Crippen LogP contribution in [0.25, 0.3) is 0 Å². The third-order valence-electron chi connectivity index (χ3n) is 3.92. The number of nitrogens with two attached hydrogens (primary N) is 1. The molecule has 2 N–H and O–H groups in total. The molecule has 0 heterocycles. The second-order valence-corrected chi connectivity index (χ2v) is 5.05. The first-order chi connectivity index (χ1) is 8.11. The van der Waals surface area contributed by atoms with Gasteiger partial charge in [0, 0.05) is 19.0 Å². The van der Waals surface area contributed by atoms with Crippen molar-refractivity contribution in [2.24, 2.45) is 17.6 Å². The van der Waals surface area contributed by atoms with Gasteiger partial charge in [0.15, 0.2) is 0 Å². The van der Waals surface area contributed by atoms with E-state index in [-0.39, 0.29) is 17.9 Å². The molecule has 4 heteroatoms. The van der Waals surface area contributed by atoms with Gasteiger partial charge in [-0.2, -0.15) is 5.26 Å². The Bertz CT molecular complexity index is 298. The molecule has 0 saturated heterocycles. The van der Waals surface area contributed by atoms with Crippen LogP contribution in [-0.2, 0) is 4.79 Å². The fourth-order valence-corrected chi connectivity index (χ4v) is 2.56. The molecule has 0 radical (unpaired) electrons. The SMILES string of the molecule is CC(CC#N)N(C)C(=O)C1CCCCC1CN. The van der Waals surface area contributed by atoms with E-state index in [4.69, 9.17) is 11.0 Å². The van der Waals surface area contributed by atoms with Crippen LogP contribution in [0.1, 0.15) is 39.0 Å². The monoisotopic (exact) mass is 237 g/mol. The van der Waals surface area contributed by atoms with E-state index in [9.17, 15) is 4.79 Å². The van der Waals surface area contributed by atoms with E-state index < -0.39 is 0 Å². The highest BCUT2D eigenvalue weighted by Crippen LogP contribution is 2.31. The zero-order valence-electron chi connectivity index (χ0n) is 10.9. The maximum atomic E-state index is 12.3. The van der Waals surface area contributed by atoms with Gasteiger partial charge in [-0.25, -0.2) is 0 Å². The van der Waals surface area contributed by atoms with Crippen LogP contribution in [-0.4, -0.2) is 30.4 Å². The van der Waals surface area contributed by atoms with Gasteiger partial charge >= 0.3 is 0 Å². The summed E-state index contributed by atoms with van der Waals surface area (Å²) in [6.45, 7) is 2.51. The number of amides is 1. The molecule has 0 aliphatic heterocycles. The zero-order valence-corrected chi connectivity index (χ0v) is 10.9. The standard InChI is InChI=1S/C13H23N3O/c1-10(7-8-14)16(2)13(17)12-6-4-3-5-11(12)9-15/h10-12H,3-7,9,15H2,1-2H3. The highest BCUT2D eigenvalue weighted by molar-refractivity contribution is 5.79. The molecular weight excluding hydrogens is 214 g/mol. The minimum atomic E-state index is -0.00662. The van der Waals surface area contributed by atoms with Crippen LogP contribution in [0.4, 0.5) is 0 Å². The molecule has 1 aliphatic carbocycles. The molecular formula is C13H23N3O. The molecule has 1 amide bonds. The summed E-state index contributed by atoms with van der Waals surface area (Å²) < 4.78 is 0. The van der Waals surface area contributed by atoms with Gasteiger partial charge in [-0.05, 0) is 32.2 Å². The van der Waals surface area contributed by atoms with Crippen LogP contribution in [0.2, 0.25) is 0 Å². The number of nitriles is 1. The summed E-state index contributed by atoms with van der Waals surface area (Å²) in [4.78, 5) is 14.1. The topological polar surface area (TPSA) is 70.1 Å². The van der Waals surface area contributed by atoms with Gasteiger partial charge in [0.25, 0.3) is 0 Å². The summed E-state index contributed by atoms with van der Waals surface area (Å²) in [5, 5.41) is 8.67. The lowest BCUT2D eigenvalue weighted by molar-refractivity contribution is -0.138. The summed E-state index contributed by atoms with van der Waals surface area (Å²) in [5.41, 5.74) is 5.74. The van der Waals surface area contributed by atoms with Gasteiger partial charge in [-0.3, -0.25) is 4.79 Å². The third kappa shape index (κ3) is 3.44. The average Bonchev–Trinajstić information content (AvgIpc) is 2.37. The summed E-state index contributed by atoms with van der Waals surface area (Å²) in [6.07, 6.45) is 4.70. The van der Waals surface area contributed by atoms with Crippen LogP contribution < -0.4 is 5.73 Å². The molecule has 4 nitrogen and oxygen atoms in total. The Kier molecular flexibility index (Phi) is 5.43. The van der Waals surface area contributed by atoms with Crippen molar-refractivity contribution in [1.82, 2.24) is 4.90 Å². The van der Waals surface area contributed by atoms with Crippen LogP contribution in [0.3, 0.4) is 0 Å². The van der Waals surface area contributed by atoms with Crippen molar-refractivity contribution in [2.45, 2.75) is 45.1 Å². The minimum Gasteiger partial charge on any atom is -0.342 e. The van der Waals surface area contributed by atoms with E-state index in [1.54, 1.807) is 11.9 Å². The van der Waals surface area contributed by atoms with Crippen molar-refractivity contribution in [2.75, 3.05) is 13.6 Å². The molecule has 3 atom stereocenters. The lowest BCUT2D eigenvalue weighted by Gasteiger charge is -2.34. The van der Waals surface area contributed by atoms with E-state index >= 15 is 0 Å². The largest absolute Gasteiger partial charge is 0.342 e. The quantitative estimate of drug-likeness (QED) is 0.805. The third-order valence-corrected chi connectivity index (χ3v) is 3.92. The predicted octanol–water partition coefficient (Wildman–Crippen LogP) is 1.51. The summed E-state index contributed by atoms with van der Waals surface area (Å²) in [5.74, 6) is 0.566. The number of hydrogen-bond acceptors (Lipinski definition) is 3. The first kappa shape index (κ1) is 14.0. The van der Waals surface area contributed by atoms with Gasteiger partial charge in [0.05, 0.1) is 12.5 Å². The number of carbonyl (C=O) groups is 1. The van der Waals surface area contributed by atoms with E-state index in [1.807, 2.05) is 6.92 Å². The molecule has 17 heavy (non-hydrogen) atoms. The lowest BCUT2D eigenvalue weighted by Crippen LogP contribution is -2.44. The molecule has 1 aliphatic rings. The highest BCUT2D eigenvalue weighted by Gasteiger charge is 2.32. The fourth-order valence-electron chi connectivity index (χ4n) is 2.56. The minimum absolute atomic E-state index is 0.00662. The highest BCUT2D eigenvalue weighted by atomic mass is 16.2. The smallest absolute Gasteiger partial charge is 0.226 e. The fraction of sp³-hybridized carbons (Fsp3) is 0.846. The normalized spacial score (nSPS) is 26.0. The van der Waals surface area contributed by atoms with Crippen LogP contribution in [0.5, 0.6) is 0 Å². The number of carbonyl (C=O) groups excluding carboxylic acids is 1. The molecule has 1 saturated carbocycles. The van der Waals surface area contributed by atoms with Crippen molar-refractivity contribution < 1.29 is 4.79 Å². The Balaban J connectivity index is 2.64. The second-order valence-electron chi connectivity index (χ2n) is 5.05. The predicted molar refractivity (Wildman–Crippen MR) is 67.0 cm³/mol. The molecule has 0 aromatic carbocycles. The lowest BCUT2D eigenvalue weighted by atomic mass is 9.78. The van der Waals surface area contributed by atoms with Crippen LogP contribution in [0.15, 0.2) is 0 Å². The van der Waals surface area contributed by atoms with Crippen molar-refractivity contribution in [3.05, 3.63) is 0 Å². The maximum absolute atomic E-state index is 12.3. The number of nitrogens with zero attached hydrogens (tertiary/aromatic N) is 2. The second kappa shape index (κ2) is 6.61. The van der Waals surface area contributed by atoms with Crippen molar-refractivity contribution in [3.63, 3.8) is 0 Å². The molecule has 3 unspecified atom stereocenters. The summed E-state index contributed by atoms with van der Waals surface area (Å²) in [7, 11) is 1.80. The van der Waals surface area contributed by atoms with Gasteiger partial charge in [-0.1, -0.05) is 12.8 Å². The molecule has 0 bridgehead atoms. The molecule has 96 valence electrons. The van der Waals surface area contributed by atoms with Crippen molar-refractivity contribution in [3.8, 4) is 6.07 Å². The first-order valence-corrected chi connectivity index (χ1v) is 6.45. The van der Waals surface area contributed by atoms with Crippen molar-refractivity contribution >= 4 is 5.91 Å².